The third-order valence-corrected chi connectivity index (χ3v) is 3.97. The van der Waals surface area contributed by atoms with Crippen molar-refractivity contribution >= 4 is 0 Å². The quantitative estimate of drug-likeness (QED) is 0.831. The summed E-state index contributed by atoms with van der Waals surface area (Å²) >= 11 is 0. The van der Waals surface area contributed by atoms with E-state index in [1.54, 1.807) is 0 Å². The molecule has 1 aromatic rings. The highest BCUT2D eigenvalue weighted by Crippen LogP contribution is 2.36. The maximum atomic E-state index is 5.89. The third-order valence-electron chi connectivity index (χ3n) is 3.97. The van der Waals surface area contributed by atoms with Gasteiger partial charge < -0.3 is 15.2 Å². The molecule has 1 aliphatic rings. The number of benzene rings is 1. The lowest BCUT2D eigenvalue weighted by Gasteiger charge is -2.39. The average molecular weight is 249 g/mol. The zero-order valence-corrected chi connectivity index (χ0v) is 12.0. The second kappa shape index (κ2) is 4.65. The topological polar surface area (TPSA) is 44.5 Å². The summed E-state index contributed by atoms with van der Waals surface area (Å²) < 4.78 is 11.8. The molecule has 100 valence electrons. The van der Waals surface area contributed by atoms with Gasteiger partial charge in [0.15, 0.2) is 5.79 Å². The Kier molecular flexibility index (Phi) is 3.49. The van der Waals surface area contributed by atoms with Crippen LogP contribution in [0.25, 0.3) is 0 Å². The Labute approximate surface area is 109 Å². The molecule has 1 aromatic carbocycles. The van der Waals surface area contributed by atoms with Crippen molar-refractivity contribution in [3.05, 3.63) is 33.9 Å². The van der Waals surface area contributed by atoms with Gasteiger partial charge in [-0.25, -0.2) is 0 Å². The zero-order chi connectivity index (χ0) is 13.5. The summed E-state index contributed by atoms with van der Waals surface area (Å²) in [5.74, 6) is -0.666. The minimum Gasteiger partial charge on any atom is -0.344 e. The van der Waals surface area contributed by atoms with E-state index in [0.29, 0.717) is 13.2 Å². The molecular formula is C15H23NO2. The summed E-state index contributed by atoms with van der Waals surface area (Å²) in [6.07, 6.45) is 0. The Balaban J connectivity index is 2.50. The van der Waals surface area contributed by atoms with Crippen molar-refractivity contribution in [2.45, 2.75) is 46.4 Å². The average Bonchev–Trinajstić information content (AvgIpc) is 2.31. The predicted molar refractivity (Wildman–Crippen MR) is 72.6 cm³/mol. The Bertz CT molecular complexity index is 434. The second-order valence-corrected chi connectivity index (χ2v) is 5.46. The van der Waals surface area contributed by atoms with Crippen LogP contribution >= 0.6 is 0 Å². The van der Waals surface area contributed by atoms with E-state index in [4.69, 9.17) is 15.2 Å². The van der Waals surface area contributed by atoms with Crippen molar-refractivity contribution in [2.75, 3.05) is 13.2 Å². The molecular weight excluding hydrogens is 226 g/mol. The highest BCUT2D eigenvalue weighted by atomic mass is 16.7. The molecule has 1 fully saturated rings. The third kappa shape index (κ3) is 2.18. The molecule has 0 aliphatic carbocycles. The van der Waals surface area contributed by atoms with E-state index >= 15 is 0 Å². The molecule has 2 N–H and O–H groups in total. The van der Waals surface area contributed by atoms with E-state index in [2.05, 4.69) is 33.8 Å². The van der Waals surface area contributed by atoms with Gasteiger partial charge in [-0.15, -0.1) is 0 Å². The van der Waals surface area contributed by atoms with Crippen LogP contribution in [0.5, 0.6) is 0 Å². The van der Waals surface area contributed by atoms with Gasteiger partial charge in [-0.05, 0) is 56.9 Å². The largest absolute Gasteiger partial charge is 0.344 e. The van der Waals surface area contributed by atoms with Gasteiger partial charge in [0.2, 0.25) is 0 Å². The minimum absolute atomic E-state index is 0.0235. The number of aryl methyl sites for hydroxylation is 2. The Morgan fingerprint density at radius 1 is 1.06 bits per heavy atom. The highest BCUT2D eigenvalue weighted by Gasteiger charge is 2.36. The SMILES string of the molecule is Cc1cc(C)c(C)c(C2(C)OCC(N)CO2)c1C. The monoisotopic (exact) mass is 249 g/mol. The van der Waals surface area contributed by atoms with Crippen LogP contribution in [0.2, 0.25) is 0 Å². The number of hydrogen-bond donors (Lipinski definition) is 1. The van der Waals surface area contributed by atoms with Crippen LogP contribution < -0.4 is 5.73 Å². The molecule has 0 saturated carbocycles. The van der Waals surface area contributed by atoms with Crippen LogP contribution in [0, 0.1) is 27.7 Å². The van der Waals surface area contributed by atoms with Crippen molar-refractivity contribution in [1.29, 1.82) is 0 Å². The fourth-order valence-electron chi connectivity index (χ4n) is 2.66. The fraction of sp³-hybridized carbons (Fsp3) is 0.600. The van der Waals surface area contributed by atoms with Crippen LogP contribution in [0.4, 0.5) is 0 Å². The molecule has 1 aliphatic heterocycles. The fourth-order valence-corrected chi connectivity index (χ4v) is 2.66. The summed E-state index contributed by atoms with van der Waals surface area (Å²) in [6.45, 7) is 11.6. The van der Waals surface area contributed by atoms with Crippen LogP contribution in [-0.4, -0.2) is 19.3 Å². The van der Waals surface area contributed by atoms with Crippen LogP contribution in [0.15, 0.2) is 6.07 Å². The zero-order valence-electron chi connectivity index (χ0n) is 12.0. The Morgan fingerprint density at radius 3 is 1.94 bits per heavy atom. The van der Waals surface area contributed by atoms with E-state index in [-0.39, 0.29) is 6.04 Å². The van der Waals surface area contributed by atoms with Gasteiger partial charge >= 0.3 is 0 Å². The van der Waals surface area contributed by atoms with Gasteiger partial charge in [-0.3, -0.25) is 0 Å². The molecule has 2 rings (SSSR count). The molecule has 0 spiro atoms. The highest BCUT2D eigenvalue weighted by molar-refractivity contribution is 5.46. The van der Waals surface area contributed by atoms with Crippen molar-refractivity contribution < 1.29 is 9.47 Å². The van der Waals surface area contributed by atoms with Gasteiger partial charge in [0, 0.05) is 5.56 Å². The van der Waals surface area contributed by atoms with E-state index in [0.717, 1.165) is 5.56 Å². The summed E-state index contributed by atoms with van der Waals surface area (Å²) in [7, 11) is 0. The van der Waals surface area contributed by atoms with Crippen molar-refractivity contribution in [1.82, 2.24) is 0 Å². The van der Waals surface area contributed by atoms with Gasteiger partial charge in [-0.2, -0.15) is 0 Å². The standard InChI is InChI=1S/C15H23NO2/c1-9-6-10(2)12(4)14(11(9)3)15(5)17-7-13(16)8-18-15/h6,13H,7-8,16H2,1-5H3. The molecule has 3 heteroatoms. The van der Waals surface area contributed by atoms with Crippen molar-refractivity contribution in [3.8, 4) is 0 Å². The van der Waals surface area contributed by atoms with Gasteiger partial charge in [0.25, 0.3) is 0 Å². The summed E-state index contributed by atoms with van der Waals surface area (Å²) in [6, 6.07) is 2.19. The first-order valence-electron chi connectivity index (χ1n) is 6.46. The summed E-state index contributed by atoms with van der Waals surface area (Å²) in [5, 5.41) is 0. The number of hydrogen-bond acceptors (Lipinski definition) is 3. The summed E-state index contributed by atoms with van der Waals surface area (Å²) in [4.78, 5) is 0. The second-order valence-electron chi connectivity index (χ2n) is 5.46. The Hall–Kier alpha value is -0.900. The molecule has 0 unspecified atom stereocenters. The molecule has 0 atom stereocenters. The van der Waals surface area contributed by atoms with Gasteiger partial charge in [0.1, 0.15) is 0 Å². The lowest BCUT2D eigenvalue weighted by molar-refractivity contribution is -0.270. The lowest BCUT2D eigenvalue weighted by atomic mass is 9.89. The van der Waals surface area contributed by atoms with Gasteiger partial charge in [-0.1, -0.05) is 6.07 Å². The maximum absolute atomic E-state index is 5.89. The lowest BCUT2D eigenvalue weighted by Crippen LogP contribution is -2.46. The minimum atomic E-state index is -0.666. The first-order valence-corrected chi connectivity index (χ1v) is 6.46. The van der Waals surface area contributed by atoms with Crippen molar-refractivity contribution in [3.63, 3.8) is 0 Å². The summed E-state index contributed by atoms with van der Waals surface area (Å²) in [5.41, 5.74) is 12.0. The van der Waals surface area contributed by atoms with Crippen LogP contribution in [0.3, 0.4) is 0 Å². The molecule has 0 aromatic heterocycles. The maximum Gasteiger partial charge on any atom is 0.192 e. The van der Waals surface area contributed by atoms with Gasteiger partial charge in [0.05, 0.1) is 19.3 Å². The molecule has 0 radical (unpaired) electrons. The molecule has 3 nitrogen and oxygen atoms in total. The molecule has 0 bridgehead atoms. The predicted octanol–water partition coefficient (Wildman–Crippen LogP) is 2.47. The van der Waals surface area contributed by atoms with E-state index in [9.17, 15) is 0 Å². The Morgan fingerprint density at radius 2 is 1.50 bits per heavy atom. The number of ether oxygens (including phenoxy) is 2. The van der Waals surface area contributed by atoms with Crippen LogP contribution in [0.1, 0.15) is 34.7 Å². The first-order chi connectivity index (χ1) is 8.35. The number of rotatable bonds is 1. The van der Waals surface area contributed by atoms with Crippen LogP contribution in [-0.2, 0) is 15.3 Å². The normalized spacial score (nSPS) is 28.4. The van der Waals surface area contributed by atoms with E-state index in [1.165, 1.54) is 22.3 Å². The van der Waals surface area contributed by atoms with E-state index in [1.807, 2.05) is 6.92 Å². The first kappa shape index (κ1) is 13.5. The molecule has 1 heterocycles. The molecule has 1 saturated heterocycles. The number of nitrogens with two attached hydrogens (primary N) is 1. The molecule has 18 heavy (non-hydrogen) atoms. The smallest absolute Gasteiger partial charge is 0.192 e. The molecule has 0 amide bonds. The van der Waals surface area contributed by atoms with E-state index < -0.39 is 5.79 Å². The van der Waals surface area contributed by atoms with Crippen molar-refractivity contribution in [2.24, 2.45) is 5.73 Å².